The Labute approximate surface area is 215 Å². The molecular weight excluding hydrogens is 501 g/mol. The number of sulfonamides is 1. The molecule has 1 aromatic heterocycles. The first-order valence-corrected chi connectivity index (χ1v) is 14.1. The van der Waals surface area contributed by atoms with E-state index in [4.69, 9.17) is 0 Å². The molecule has 2 aliphatic rings. The monoisotopic (exact) mass is 532 g/mol. The summed E-state index contributed by atoms with van der Waals surface area (Å²) in [7, 11) is -4.03. The van der Waals surface area contributed by atoms with E-state index >= 15 is 0 Å². The molecule has 0 bridgehead atoms. The molecule has 1 unspecified atom stereocenters. The predicted molar refractivity (Wildman–Crippen MR) is 135 cm³/mol. The van der Waals surface area contributed by atoms with Gasteiger partial charge in [-0.25, -0.2) is 13.4 Å². The van der Waals surface area contributed by atoms with Gasteiger partial charge in [-0.05, 0) is 54.7 Å². The van der Waals surface area contributed by atoms with Gasteiger partial charge in [0.1, 0.15) is 0 Å². The normalized spacial score (nSPS) is 19.6. The number of nitrogens with zero attached hydrogens (tertiary/aromatic N) is 3. The number of fused-ring (bicyclic) bond motifs is 1. The number of nitrogens with one attached hydrogen (secondary N) is 1. The average Bonchev–Trinajstić information content (AvgIpc) is 3.56. The molecule has 2 aromatic carbocycles. The number of aromatic amines is 1. The SMILES string of the molecule is O=S(=O)(c1ccc(C(F)(F)F)cc1)N1Cc2ccccc2N(Cc2cnc[nH]2)C(CCC2CCCC2)C1. The Hall–Kier alpha value is -2.85. The van der Waals surface area contributed by atoms with Gasteiger partial charge in [0, 0.05) is 31.0 Å². The summed E-state index contributed by atoms with van der Waals surface area (Å²) in [5.41, 5.74) is 1.90. The van der Waals surface area contributed by atoms with Crippen molar-refractivity contribution in [2.24, 2.45) is 5.92 Å². The first-order chi connectivity index (χ1) is 17.7. The molecule has 6 nitrogen and oxygen atoms in total. The van der Waals surface area contributed by atoms with Gasteiger partial charge >= 0.3 is 6.18 Å². The van der Waals surface area contributed by atoms with E-state index in [1.807, 2.05) is 24.3 Å². The fraction of sp³-hybridized carbons (Fsp3) is 0.444. The number of imidazole rings is 1. The number of H-pyrrole nitrogens is 1. The van der Waals surface area contributed by atoms with Gasteiger partial charge in [-0.15, -0.1) is 0 Å². The molecule has 37 heavy (non-hydrogen) atoms. The fourth-order valence-corrected chi connectivity index (χ4v) is 7.06. The highest BCUT2D eigenvalue weighted by molar-refractivity contribution is 7.89. The van der Waals surface area contributed by atoms with Gasteiger partial charge in [0.2, 0.25) is 10.0 Å². The number of benzene rings is 2. The number of hydrogen-bond donors (Lipinski definition) is 1. The third-order valence-electron chi connectivity index (χ3n) is 7.60. The van der Waals surface area contributed by atoms with Crippen LogP contribution in [0.3, 0.4) is 0 Å². The molecule has 2 heterocycles. The van der Waals surface area contributed by atoms with Crippen LogP contribution in [-0.4, -0.2) is 35.3 Å². The largest absolute Gasteiger partial charge is 0.416 e. The maximum Gasteiger partial charge on any atom is 0.416 e. The number of rotatable bonds is 7. The van der Waals surface area contributed by atoms with Crippen molar-refractivity contribution < 1.29 is 21.6 Å². The van der Waals surface area contributed by atoms with Crippen LogP contribution >= 0.6 is 0 Å². The number of aromatic nitrogens is 2. The Morgan fingerprint density at radius 2 is 1.73 bits per heavy atom. The first kappa shape index (κ1) is 25.8. The molecule has 1 aliphatic heterocycles. The molecule has 1 aliphatic carbocycles. The van der Waals surface area contributed by atoms with Gasteiger partial charge in [0.15, 0.2) is 0 Å². The van der Waals surface area contributed by atoms with Crippen molar-refractivity contribution in [2.75, 3.05) is 11.4 Å². The molecule has 1 fully saturated rings. The van der Waals surface area contributed by atoms with Gasteiger partial charge in [0.25, 0.3) is 0 Å². The zero-order chi connectivity index (χ0) is 26.0. The molecule has 1 atom stereocenters. The van der Waals surface area contributed by atoms with E-state index in [-0.39, 0.29) is 24.0 Å². The van der Waals surface area contributed by atoms with E-state index in [2.05, 4.69) is 14.9 Å². The first-order valence-electron chi connectivity index (χ1n) is 12.7. The van der Waals surface area contributed by atoms with Crippen LogP contribution < -0.4 is 4.90 Å². The van der Waals surface area contributed by atoms with Crippen molar-refractivity contribution in [2.45, 2.75) is 68.7 Å². The van der Waals surface area contributed by atoms with E-state index in [0.29, 0.717) is 12.5 Å². The standard InChI is InChI=1S/C27H31F3N4O2S/c28-27(29,30)22-10-13-25(14-11-22)37(35,36)33-16-21-7-3-4-8-26(21)34(17-23-15-31-19-32-23)24(18-33)12-9-20-5-1-2-6-20/h3-4,7-8,10-11,13-15,19-20,24H,1-2,5-6,9,12,16-18H2,(H,31,32). The highest BCUT2D eigenvalue weighted by Crippen LogP contribution is 2.36. The van der Waals surface area contributed by atoms with Crippen molar-refractivity contribution in [3.8, 4) is 0 Å². The Bertz CT molecular complexity index is 1290. The maximum atomic E-state index is 13.8. The van der Waals surface area contributed by atoms with Crippen LogP contribution in [0.15, 0.2) is 66.0 Å². The van der Waals surface area contributed by atoms with E-state index < -0.39 is 21.8 Å². The molecule has 1 N–H and O–H groups in total. The molecule has 0 saturated heterocycles. The number of hydrogen-bond acceptors (Lipinski definition) is 4. The van der Waals surface area contributed by atoms with Crippen LogP contribution in [0.1, 0.15) is 55.3 Å². The van der Waals surface area contributed by atoms with Gasteiger partial charge in [-0.3, -0.25) is 0 Å². The fourth-order valence-electron chi connectivity index (χ4n) is 5.60. The molecule has 5 rings (SSSR count). The second-order valence-corrected chi connectivity index (χ2v) is 12.0. The Balaban J connectivity index is 1.49. The summed E-state index contributed by atoms with van der Waals surface area (Å²) >= 11 is 0. The van der Waals surface area contributed by atoms with Crippen molar-refractivity contribution in [1.29, 1.82) is 0 Å². The van der Waals surface area contributed by atoms with Crippen molar-refractivity contribution in [1.82, 2.24) is 14.3 Å². The lowest BCUT2D eigenvalue weighted by Gasteiger charge is -2.34. The lowest BCUT2D eigenvalue weighted by atomic mass is 9.97. The molecule has 0 spiro atoms. The zero-order valence-electron chi connectivity index (χ0n) is 20.5. The Morgan fingerprint density at radius 1 is 1.00 bits per heavy atom. The molecular formula is C27H31F3N4O2S. The Kier molecular flexibility index (Phi) is 7.31. The van der Waals surface area contributed by atoms with Gasteiger partial charge in [-0.1, -0.05) is 43.9 Å². The molecule has 3 aromatic rings. The highest BCUT2D eigenvalue weighted by atomic mass is 32.2. The lowest BCUT2D eigenvalue weighted by molar-refractivity contribution is -0.137. The molecule has 0 amide bonds. The molecule has 1 saturated carbocycles. The molecule has 198 valence electrons. The summed E-state index contributed by atoms with van der Waals surface area (Å²) in [4.78, 5) is 9.45. The second kappa shape index (κ2) is 10.5. The summed E-state index contributed by atoms with van der Waals surface area (Å²) in [6.07, 6.45) is 5.62. The number of anilines is 1. The number of para-hydroxylation sites is 1. The quantitative estimate of drug-likeness (QED) is 0.407. The van der Waals surface area contributed by atoms with Crippen LogP contribution in [0.2, 0.25) is 0 Å². The Morgan fingerprint density at radius 3 is 2.41 bits per heavy atom. The van der Waals surface area contributed by atoms with Gasteiger partial charge in [-0.2, -0.15) is 17.5 Å². The van der Waals surface area contributed by atoms with Crippen LogP contribution in [0.25, 0.3) is 0 Å². The summed E-state index contributed by atoms with van der Waals surface area (Å²) < 4.78 is 68.2. The van der Waals surface area contributed by atoms with Gasteiger partial charge in [0.05, 0.1) is 29.0 Å². The minimum atomic E-state index is -4.53. The minimum Gasteiger partial charge on any atom is -0.361 e. The average molecular weight is 533 g/mol. The summed E-state index contributed by atoms with van der Waals surface area (Å²) in [6.45, 7) is 0.957. The zero-order valence-corrected chi connectivity index (χ0v) is 21.3. The van der Waals surface area contributed by atoms with Crippen LogP contribution in [0, 0.1) is 5.92 Å². The van der Waals surface area contributed by atoms with E-state index in [1.54, 1.807) is 12.5 Å². The van der Waals surface area contributed by atoms with Crippen molar-refractivity contribution in [3.63, 3.8) is 0 Å². The lowest BCUT2D eigenvalue weighted by Crippen LogP contribution is -2.43. The summed E-state index contributed by atoms with van der Waals surface area (Å²) in [5.74, 6) is 0.646. The second-order valence-electron chi connectivity index (χ2n) is 10.0. The van der Waals surface area contributed by atoms with E-state index in [9.17, 15) is 21.6 Å². The van der Waals surface area contributed by atoms with Crippen molar-refractivity contribution in [3.05, 3.63) is 77.9 Å². The van der Waals surface area contributed by atoms with Crippen LogP contribution in [0.5, 0.6) is 0 Å². The topological polar surface area (TPSA) is 69.3 Å². The predicted octanol–water partition coefficient (Wildman–Crippen LogP) is 5.98. The summed E-state index contributed by atoms with van der Waals surface area (Å²) in [5, 5.41) is 0. The number of alkyl halides is 3. The highest BCUT2D eigenvalue weighted by Gasteiger charge is 2.36. The molecule has 10 heteroatoms. The van der Waals surface area contributed by atoms with Crippen LogP contribution in [-0.2, 0) is 29.3 Å². The molecule has 0 radical (unpaired) electrons. The van der Waals surface area contributed by atoms with Crippen molar-refractivity contribution >= 4 is 15.7 Å². The minimum absolute atomic E-state index is 0.100. The van der Waals surface area contributed by atoms with E-state index in [1.165, 1.54) is 30.0 Å². The van der Waals surface area contributed by atoms with Crippen LogP contribution in [0.4, 0.5) is 18.9 Å². The van der Waals surface area contributed by atoms with E-state index in [0.717, 1.165) is 54.1 Å². The third-order valence-corrected chi connectivity index (χ3v) is 9.43. The third kappa shape index (κ3) is 5.70. The number of halogens is 3. The maximum absolute atomic E-state index is 13.8. The van der Waals surface area contributed by atoms with Gasteiger partial charge < -0.3 is 9.88 Å². The summed E-state index contributed by atoms with van der Waals surface area (Å²) in [6, 6.07) is 11.5. The smallest absolute Gasteiger partial charge is 0.361 e.